The topological polar surface area (TPSA) is 25.2 Å². The van der Waals surface area contributed by atoms with Crippen LogP contribution in [0.5, 0.6) is 0 Å². The van der Waals surface area contributed by atoms with Gasteiger partial charge in [-0.3, -0.25) is 0 Å². The van der Waals surface area contributed by atoms with Crippen molar-refractivity contribution in [1.82, 2.24) is 0 Å². The highest BCUT2D eigenvalue weighted by Gasteiger charge is 2.06. The Labute approximate surface area is 69.0 Å². The quantitative estimate of drug-likeness (QED) is 0.702. The van der Waals surface area contributed by atoms with Gasteiger partial charge in [0.05, 0.1) is 6.26 Å². The molecule has 0 aliphatic rings. The molecule has 62 valence electrons. The second-order valence-corrected chi connectivity index (χ2v) is 2.51. The van der Waals surface area contributed by atoms with Gasteiger partial charge in [-0.05, 0) is 18.2 Å². The van der Waals surface area contributed by atoms with Crippen molar-refractivity contribution in [3.63, 3.8) is 0 Å². The third-order valence-electron chi connectivity index (χ3n) is 1.84. The summed E-state index contributed by atoms with van der Waals surface area (Å²) in [4.78, 5) is 0. The number of fused-ring (bicyclic) bond motifs is 1. The monoisotopic (exact) mass is 165 g/mol. The van der Waals surface area contributed by atoms with E-state index in [9.17, 15) is 4.39 Å². The standard InChI is InChI=1S/C9H8FNO/c1-11-8-3-2-7(10)9-6(8)4-5-12-9/h2-5,11H,1H3. The zero-order valence-electron chi connectivity index (χ0n) is 6.60. The number of rotatable bonds is 1. The van der Waals surface area contributed by atoms with Crippen LogP contribution in [-0.2, 0) is 0 Å². The van der Waals surface area contributed by atoms with Crippen molar-refractivity contribution in [2.45, 2.75) is 0 Å². The molecule has 0 aliphatic heterocycles. The summed E-state index contributed by atoms with van der Waals surface area (Å²) in [6.07, 6.45) is 1.48. The van der Waals surface area contributed by atoms with E-state index in [1.165, 1.54) is 12.3 Å². The van der Waals surface area contributed by atoms with Crippen LogP contribution in [0.25, 0.3) is 11.0 Å². The maximum absolute atomic E-state index is 13.0. The highest BCUT2D eigenvalue weighted by atomic mass is 19.1. The molecule has 1 heterocycles. The molecule has 0 atom stereocenters. The van der Waals surface area contributed by atoms with Gasteiger partial charge in [0.15, 0.2) is 11.4 Å². The van der Waals surface area contributed by atoms with Gasteiger partial charge in [-0.25, -0.2) is 4.39 Å². The van der Waals surface area contributed by atoms with E-state index in [-0.39, 0.29) is 5.82 Å². The van der Waals surface area contributed by atoms with Gasteiger partial charge >= 0.3 is 0 Å². The smallest absolute Gasteiger partial charge is 0.171 e. The number of anilines is 1. The van der Waals surface area contributed by atoms with Crippen molar-refractivity contribution in [3.05, 3.63) is 30.3 Å². The molecule has 1 aromatic heterocycles. The van der Waals surface area contributed by atoms with Crippen molar-refractivity contribution in [2.75, 3.05) is 12.4 Å². The van der Waals surface area contributed by atoms with E-state index >= 15 is 0 Å². The maximum Gasteiger partial charge on any atom is 0.171 e. The second kappa shape index (κ2) is 2.52. The molecule has 1 N–H and O–H groups in total. The van der Waals surface area contributed by atoms with Crippen molar-refractivity contribution in [3.8, 4) is 0 Å². The van der Waals surface area contributed by atoms with Gasteiger partial charge in [0.25, 0.3) is 0 Å². The van der Waals surface area contributed by atoms with E-state index in [1.807, 2.05) is 0 Å². The number of hydrogen-bond acceptors (Lipinski definition) is 2. The fraction of sp³-hybridized carbons (Fsp3) is 0.111. The molecule has 0 amide bonds. The van der Waals surface area contributed by atoms with Gasteiger partial charge < -0.3 is 9.73 Å². The number of halogens is 1. The van der Waals surface area contributed by atoms with Crippen LogP contribution in [0, 0.1) is 5.82 Å². The Balaban J connectivity index is 2.82. The van der Waals surface area contributed by atoms with Crippen LogP contribution in [-0.4, -0.2) is 7.05 Å². The molecule has 0 unspecified atom stereocenters. The van der Waals surface area contributed by atoms with Crippen molar-refractivity contribution in [1.29, 1.82) is 0 Å². The van der Waals surface area contributed by atoms with Gasteiger partial charge in [0, 0.05) is 18.1 Å². The summed E-state index contributed by atoms with van der Waals surface area (Å²) in [5, 5.41) is 3.73. The van der Waals surface area contributed by atoms with Crippen molar-refractivity contribution < 1.29 is 8.81 Å². The fourth-order valence-electron chi connectivity index (χ4n) is 1.25. The molecular formula is C9H8FNO. The largest absolute Gasteiger partial charge is 0.461 e. The van der Waals surface area contributed by atoms with Gasteiger partial charge in [0.2, 0.25) is 0 Å². The summed E-state index contributed by atoms with van der Waals surface area (Å²) < 4.78 is 18.0. The van der Waals surface area contributed by atoms with E-state index in [4.69, 9.17) is 4.42 Å². The highest BCUT2D eigenvalue weighted by molar-refractivity contribution is 5.90. The Morgan fingerprint density at radius 1 is 1.33 bits per heavy atom. The molecule has 0 aliphatic carbocycles. The molecular weight excluding hydrogens is 157 g/mol. The Bertz CT molecular complexity index is 408. The van der Waals surface area contributed by atoms with Crippen LogP contribution in [0.4, 0.5) is 10.1 Å². The number of furan rings is 1. The predicted molar refractivity (Wildman–Crippen MR) is 45.7 cm³/mol. The highest BCUT2D eigenvalue weighted by Crippen LogP contribution is 2.26. The minimum atomic E-state index is -0.325. The zero-order chi connectivity index (χ0) is 8.55. The Kier molecular flexibility index (Phi) is 1.50. The van der Waals surface area contributed by atoms with E-state index in [0.717, 1.165) is 11.1 Å². The average molecular weight is 165 g/mol. The predicted octanol–water partition coefficient (Wildman–Crippen LogP) is 2.61. The Morgan fingerprint density at radius 2 is 2.17 bits per heavy atom. The summed E-state index contributed by atoms with van der Waals surface area (Å²) in [5.74, 6) is -0.325. The molecule has 2 rings (SSSR count). The van der Waals surface area contributed by atoms with E-state index in [2.05, 4.69) is 5.32 Å². The first-order chi connectivity index (χ1) is 5.83. The average Bonchev–Trinajstić information content (AvgIpc) is 2.54. The molecule has 1 aromatic carbocycles. The third-order valence-corrected chi connectivity index (χ3v) is 1.84. The molecule has 2 nitrogen and oxygen atoms in total. The summed E-state index contributed by atoms with van der Waals surface area (Å²) in [6, 6.07) is 4.81. The fourth-order valence-corrected chi connectivity index (χ4v) is 1.25. The molecule has 2 aromatic rings. The minimum Gasteiger partial charge on any atom is -0.461 e. The molecule has 0 saturated carbocycles. The van der Waals surface area contributed by atoms with Crippen molar-refractivity contribution >= 4 is 16.7 Å². The molecule has 12 heavy (non-hydrogen) atoms. The minimum absolute atomic E-state index is 0.307. The van der Waals surface area contributed by atoms with Gasteiger partial charge in [-0.2, -0.15) is 0 Å². The Hall–Kier alpha value is -1.51. The van der Waals surface area contributed by atoms with Crippen LogP contribution in [0.3, 0.4) is 0 Å². The summed E-state index contributed by atoms with van der Waals surface area (Å²) in [7, 11) is 1.79. The molecule has 0 radical (unpaired) electrons. The lowest BCUT2D eigenvalue weighted by Gasteiger charge is -2.00. The van der Waals surface area contributed by atoms with E-state index in [1.54, 1.807) is 19.2 Å². The molecule has 0 spiro atoms. The van der Waals surface area contributed by atoms with Crippen LogP contribution >= 0.6 is 0 Å². The summed E-state index contributed by atoms with van der Waals surface area (Å²) in [5.41, 5.74) is 1.18. The van der Waals surface area contributed by atoms with Crippen LogP contribution in [0.1, 0.15) is 0 Å². The third kappa shape index (κ3) is 0.863. The molecule has 0 fully saturated rings. The lowest BCUT2D eigenvalue weighted by molar-refractivity contribution is 0.560. The van der Waals surface area contributed by atoms with E-state index < -0.39 is 0 Å². The summed E-state index contributed by atoms with van der Waals surface area (Å²) in [6.45, 7) is 0. The second-order valence-electron chi connectivity index (χ2n) is 2.51. The molecule has 3 heteroatoms. The SMILES string of the molecule is CNc1ccc(F)c2occc12. The van der Waals surface area contributed by atoms with Gasteiger partial charge in [-0.1, -0.05) is 0 Å². The van der Waals surface area contributed by atoms with Crippen LogP contribution in [0.15, 0.2) is 28.9 Å². The normalized spacial score (nSPS) is 10.5. The van der Waals surface area contributed by atoms with Crippen LogP contribution in [0.2, 0.25) is 0 Å². The maximum atomic E-state index is 13.0. The lowest BCUT2D eigenvalue weighted by Crippen LogP contribution is -1.88. The Morgan fingerprint density at radius 3 is 2.92 bits per heavy atom. The van der Waals surface area contributed by atoms with E-state index in [0.29, 0.717) is 5.58 Å². The van der Waals surface area contributed by atoms with Gasteiger partial charge in [0.1, 0.15) is 0 Å². The first-order valence-corrected chi connectivity index (χ1v) is 3.66. The molecule has 0 saturated heterocycles. The first kappa shape index (κ1) is 7.16. The summed E-state index contributed by atoms with van der Waals surface area (Å²) >= 11 is 0. The van der Waals surface area contributed by atoms with Crippen molar-refractivity contribution in [2.24, 2.45) is 0 Å². The van der Waals surface area contributed by atoms with Gasteiger partial charge in [-0.15, -0.1) is 0 Å². The number of nitrogens with one attached hydrogen (secondary N) is 1. The van der Waals surface area contributed by atoms with Crippen LogP contribution < -0.4 is 5.32 Å². The lowest BCUT2D eigenvalue weighted by atomic mass is 10.2. The number of benzene rings is 1. The number of hydrogen-bond donors (Lipinski definition) is 1. The first-order valence-electron chi connectivity index (χ1n) is 3.66. The molecule has 0 bridgehead atoms. The zero-order valence-corrected chi connectivity index (χ0v) is 6.60.